The Morgan fingerprint density at radius 2 is 2.03 bits per heavy atom. The summed E-state index contributed by atoms with van der Waals surface area (Å²) in [6.45, 7) is 0.448. The van der Waals surface area contributed by atoms with Gasteiger partial charge in [-0.15, -0.1) is 0 Å². The van der Waals surface area contributed by atoms with Crippen LogP contribution in [0.2, 0.25) is 10.0 Å². The van der Waals surface area contributed by atoms with Gasteiger partial charge in [0.05, 0.1) is 54.5 Å². The molecule has 0 aliphatic carbocycles. The summed E-state index contributed by atoms with van der Waals surface area (Å²) in [5.41, 5.74) is 0.503. The van der Waals surface area contributed by atoms with Crippen molar-refractivity contribution in [3.63, 3.8) is 0 Å². The third-order valence-corrected chi connectivity index (χ3v) is 5.84. The maximum absolute atomic E-state index is 13.0. The van der Waals surface area contributed by atoms with Crippen LogP contribution in [-0.4, -0.2) is 73.1 Å². The van der Waals surface area contributed by atoms with Crippen LogP contribution in [0.4, 0.5) is 10.5 Å². The lowest BCUT2D eigenvalue weighted by molar-refractivity contribution is -0.149. The average molecular weight is 446 g/mol. The number of carbonyl (C=O) groups is 2. The maximum Gasteiger partial charge on any atom is 0.322 e. The molecule has 8 nitrogen and oxygen atoms in total. The maximum atomic E-state index is 13.0. The number of benzene rings is 1. The molecule has 0 bridgehead atoms. The summed E-state index contributed by atoms with van der Waals surface area (Å²) in [5.74, 6) is -0.0927. The number of aliphatic hydroxyl groups is 1. The largest absolute Gasteiger partial charge is 0.389 e. The van der Waals surface area contributed by atoms with E-state index in [1.807, 2.05) is 0 Å². The van der Waals surface area contributed by atoms with Gasteiger partial charge in [0.2, 0.25) is 5.91 Å². The van der Waals surface area contributed by atoms with Crippen molar-refractivity contribution in [2.45, 2.75) is 43.6 Å². The molecule has 2 heterocycles. The fourth-order valence-electron chi connectivity index (χ4n) is 3.65. The van der Waals surface area contributed by atoms with Crippen molar-refractivity contribution < 1.29 is 24.2 Å². The van der Waals surface area contributed by atoms with Crippen molar-refractivity contribution >= 4 is 40.8 Å². The van der Waals surface area contributed by atoms with Gasteiger partial charge >= 0.3 is 6.03 Å². The first-order valence-electron chi connectivity index (χ1n) is 9.52. The molecular weight excluding hydrogens is 421 g/mol. The van der Waals surface area contributed by atoms with Crippen LogP contribution < -0.4 is 10.6 Å². The Morgan fingerprint density at radius 1 is 1.24 bits per heavy atom. The fraction of sp³-hybridized carbons (Fsp3) is 0.579. The smallest absolute Gasteiger partial charge is 0.322 e. The van der Waals surface area contributed by atoms with Gasteiger partial charge in [-0.05, 0) is 31.0 Å². The van der Waals surface area contributed by atoms with Crippen LogP contribution in [0.1, 0.15) is 19.3 Å². The molecule has 0 saturated carbocycles. The van der Waals surface area contributed by atoms with Crippen molar-refractivity contribution in [3.8, 4) is 0 Å². The van der Waals surface area contributed by atoms with E-state index in [-0.39, 0.29) is 56.4 Å². The lowest BCUT2D eigenvalue weighted by atomic mass is 9.95. The third kappa shape index (κ3) is 5.73. The standard InChI is InChI=1S/C19H25Cl2N3O5/c1-22-18(26)7-13-3-5-16-17(29-13)10-28-9-12(25)8-24(16)19(27)23-11-2-4-14(20)15(21)6-11/h2,4,6,12-13,16-17,25H,3,5,7-10H2,1H3,(H,22,26)(H,23,27)/t12-,13+,16-,17+/m0/s1. The van der Waals surface area contributed by atoms with Gasteiger partial charge in [-0.1, -0.05) is 23.2 Å². The van der Waals surface area contributed by atoms with Gasteiger partial charge < -0.3 is 30.1 Å². The van der Waals surface area contributed by atoms with Crippen molar-refractivity contribution in [1.29, 1.82) is 0 Å². The number of nitrogens with one attached hydrogen (secondary N) is 2. The topological polar surface area (TPSA) is 100 Å². The lowest BCUT2D eigenvalue weighted by Crippen LogP contribution is -2.58. The Balaban J connectivity index is 1.73. The number of ether oxygens (including phenoxy) is 2. The van der Waals surface area contributed by atoms with Crippen molar-refractivity contribution in [1.82, 2.24) is 10.2 Å². The van der Waals surface area contributed by atoms with E-state index in [4.69, 9.17) is 32.7 Å². The summed E-state index contributed by atoms with van der Waals surface area (Å²) in [7, 11) is 1.59. The Labute approximate surface area is 179 Å². The quantitative estimate of drug-likeness (QED) is 0.662. The first-order valence-corrected chi connectivity index (χ1v) is 10.3. The molecule has 1 aromatic rings. The summed E-state index contributed by atoms with van der Waals surface area (Å²) < 4.78 is 11.6. The molecular formula is C19H25Cl2N3O5. The van der Waals surface area contributed by atoms with E-state index in [2.05, 4.69) is 10.6 Å². The molecule has 3 N–H and O–H groups in total. The molecule has 3 amide bonds. The number of anilines is 1. The highest BCUT2D eigenvalue weighted by Gasteiger charge is 2.40. The summed E-state index contributed by atoms with van der Waals surface area (Å²) in [4.78, 5) is 26.3. The minimum absolute atomic E-state index is 0.0927. The van der Waals surface area contributed by atoms with E-state index in [0.29, 0.717) is 28.6 Å². The number of hydrogen-bond donors (Lipinski definition) is 3. The molecule has 1 aromatic carbocycles. The molecule has 160 valence electrons. The van der Waals surface area contributed by atoms with E-state index < -0.39 is 6.10 Å². The van der Waals surface area contributed by atoms with Gasteiger partial charge in [-0.3, -0.25) is 4.79 Å². The second-order valence-corrected chi connectivity index (χ2v) is 8.04. The fourth-order valence-corrected chi connectivity index (χ4v) is 3.95. The molecule has 0 unspecified atom stereocenters. The number of rotatable bonds is 3. The molecule has 0 spiro atoms. The summed E-state index contributed by atoms with van der Waals surface area (Å²) in [6, 6.07) is 4.18. The van der Waals surface area contributed by atoms with Crippen molar-refractivity contribution in [3.05, 3.63) is 28.2 Å². The first-order chi connectivity index (χ1) is 13.9. The molecule has 29 heavy (non-hydrogen) atoms. The van der Waals surface area contributed by atoms with Gasteiger partial charge in [-0.25, -0.2) is 4.79 Å². The molecule has 10 heteroatoms. The number of carbonyl (C=O) groups excluding carboxylic acids is 2. The summed E-state index contributed by atoms with van der Waals surface area (Å²) in [6.07, 6.45) is 0.102. The van der Waals surface area contributed by atoms with Crippen LogP contribution in [0.3, 0.4) is 0 Å². The molecule has 2 saturated heterocycles. The van der Waals surface area contributed by atoms with Crippen LogP contribution in [0.15, 0.2) is 18.2 Å². The molecule has 2 aliphatic rings. The number of fused-ring (bicyclic) bond motifs is 1. The lowest BCUT2D eigenvalue weighted by Gasteiger charge is -2.44. The van der Waals surface area contributed by atoms with Crippen LogP contribution >= 0.6 is 23.2 Å². The van der Waals surface area contributed by atoms with Crippen molar-refractivity contribution in [2.24, 2.45) is 0 Å². The number of β-amino-alcohol motifs (C(OH)–C–C–N with tert-alkyl or cyclic N) is 1. The number of urea groups is 1. The van der Waals surface area contributed by atoms with Gasteiger partial charge in [0.25, 0.3) is 0 Å². The number of aliphatic hydroxyl groups excluding tert-OH is 1. The third-order valence-electron chi connectivity index (χ3n) is 5.10. The summed E-state index contributed by atoms with van der Waals surface area (Å²) in [5, 5.41) is 16.3. The second-order valence-electron chi connectivity index (χ2n) is 7.22. The van der Waals surface area contributed by atoms with Crippen molar-refractivity contribution in [2.75, 3.05) is 32.1 Å². The van der Waals surface area contributed by atoms with E-state index >= 15 is 0 Å². The minimum atomic E-state index is -0.806. The van der Waals surface area contributed by atoms with E-state index in [1.165, 1.54) is 0 Å². The SMILES string of the molecule is CNC(=O)C[C@H]1CC[C@H]2[C@@H](COC[C@@H](O)CN2C(=O)Nc2ccc(Cl)c(Cl)c2)O1. The zero-order valence-corrected chi connectivity index (χ0v) is 17.6. The number of halogens is 2. The average Bonchev–Trinajstić information content (AvgIpc) is 2.68. The Kier molecular flexibility index (Phi) is 7.59. The predicted molar refractivity (Wildman–Crippen MR) is 109 cm³/mol. The molecule has 3 rings (SSSR count). The van der Waals surface area contributed by atoms with Gasteiger partial charge in [-0.2, -0.15) is 0 Å². The van der Waals surface area contributed by atoms with Crippen LogP contribution in [0, 0.1) is 0 Å². The Morgan fingerprint density at radius 3 is 2.76 bits per heavy atom. The van der Waals surface area contributed by atoms with E-state index in [0.717, 1.165) is 0 Å². The number of hydrogen-bond acceptors (Lipinski definition) is 5. The first kappa shape index (κ1) is 22.1. The zero-order chi connectivity index (χ0) is 21.0. The molecule has 0 aromatic heterocycles. The van der Waals surface area contributed by atoms with Gasteiger partial charge in [0.15, 0.2) is 0 Å². The summed E-state index contributed by atoms with van der Waals surface area (Å²) >= 11 is 12.0. The highest BCUT2D eigenvalue weighted by Crippen LogP contribution is 2.29. The normalized spacial score (nSPS) is 27.4. The van der Waals surface area contributed by atoms with Crippen LogP contribution in [0.25, 0.3) is 0 Å². The molecule has 4 atom stereocenters. The predicted octanol–water partition coefficient (Wildman–Crippen LogP) is 2.27. The number of nitrogens with zero attached hydrogens (tertiary/aromatic N) is 1. The second kappa shape index (κ2) is 9.95. The van der Waals surface area contributed by atoms with Crippen LogP contribution in [-0.2, 0) is 14.3 Å². The molecule has 0 radical (unpaired) electrons. The highest BCUT2D eigenvalue weighted by atomic mass is 35.5. The van der Waals surface area contributed by atoms with Gasteiger partial charge in [0.1, 0.15) is 6.10 Å². The molecule has 2 fully saturated rings. The Bertz CT molecular complexity index is 751. The molecule has 2 aliphatic heterocycles. The zero-order valence-electron chi connectivity index (χ0n) is 16.1. The highest BCUT2D eigenvalue weighted by molar-refractivity contribution is 6.42. The van der Waals surface area contributed by atoms with Crippen LogP contribution in [0.5, 0.6) is 0 Å². The van der Waals surface area contributed by atoms with E-state index in [1.54, 1.807) is 30.1 Å². The number of amides is 3. The monoisotopic (exact) mass is 445 g/mol. The van der Waals surface area contributed by atoms with Gasteiger partial charge in [0, 0.05) is 12.7 Å². The minimum Gasteiger partial charge on any atom is -0.389 e. The van der Waals surface area contributed by atoms with E-state index in [9.17, 15) is 14.7 Å². The Hall–Kier alpha value is -1.58.